The van der Waals surface area contributed by atoms with Gasteiger partial charge in [0, 0.05) is 19.4 Å². The van der Waals surface area contributed by atoms with Crippen LogP contribution in [0.1, 0.15) is 168 Å². The number of phosphoric ester groups is 1. The Morgan fingerprint density at radius 3 is 1.58 bits per heavy atom. The van der Waals surface area contributed by atoms with Crippen LogP contribution in [0.5, 0.6) is 0 Å². The Hall–Kier alpha value is -2.29. The zero-order chi connectivity index (χ0) is 38.9. The Labute approximate surface area is 323 Å². The monoisotopic (exact) mass is 766 g/mol. The third kappa shape index (κ3) is 39.2. The van der Waals surface area contributed by atoms with Crippen molar-refractivity contribution in [2.75, 3.05) is 26.4 Å². The molecule has 0 amide bonds. The summed E-state index contributed by atoms with van der Waals surface area (Å²) >= 11 is 0. The zero-order valence-corrected chi connectivity index (χ0v) is 34.4. The normalized spacial score (nSPS) is 14.0. The summed E-state index contributed by atoms with van der Waals surface area (Å²) in [6.07, 6.45) is 45.5. The van der Waals surface area contributed by atoms with Gasteiger partial charge in [-0.25, -0.2) is 4.57 Å². The maximum absolute atomic E-state index is 12.5. The quantitative estimate of drug-likeness (QED) is 0.0272. The molecule has 9 nitrogen and oxygen atoms in total. The minimum atomic E-state index is -4.39. The molecule has 306 valence electrons. The van der Waals surface area contributed by atoms with Crippen molar-refractivity contribution >= 4 is 19.8 Å². The maximum atomic E-state index is 12.5. The number of unbranched alkanes of at least 4 members (excludes halogenated alkanes) is 15. The van der Waals surface area contributed by atoms with E-state index in [1.165, 1.54) is 64.2 Å². The van der Waals surface area contributed by atoms with Crippen LogP contribution < -0.4 is 5.73 Å². The standard InChI is InChI=1S/C43H76NO8P/c1-3-5-7-9-11-13-15-16-17-18-19-20-21-22-23-24-26-28-30-32-34-36-43(46)52-41(40-51-53(47,48)50-38-37-44)39-49-42(45)35-33-31-29-27-25-14-12-10-8-6-4-2/h10,12,17-18,20-21,23-24,28,30,41H,3-9,11,13-16,19,22,25-27,29,31-40,44H2,1-2H3,(H,47,48)/b12-10+,18-17+,21-20+,24-23+,30-28+/t41-/m1/s1. The van der Waals surface area contributed by atoms with Crippen LogP contribution in [0.25, 0.3) is 0 Å². The van der Waals surface area contributed by atoms with Gasteiger partial charge in [0.2, 0.25) is 0 Å². The number of hydrogen-bond donors (Lipinski definition) is 2. The minimum Gasteiger partial charge on any atom is -0.462 e. The van der Waals surface area contributed by atoms with E-state index < -0.39 is 32.5 Å². The van der Waals surface area contributed by atoms with Gasteiger partial charge in [-0.3, -0.25) is 18.6 Å². The second kappa shape index (κ2) is 39.4. The van der Waals surface area contributed by atoms with Crippen molar-refractivity contribution < 1.29 is 37.6 Å². The molecule has 3 N–H and O–H groups in total. The maximum Gasteiger partial charge on any atom is 0.472 e. The van der Waals surface area contributed by atoms with Crippen LogP contribution in [0.3, 0.4) is 0 Å². The van der Waals surface area contributed by atoms with Crippen LogP contribution in [0, 0.1) is 0 Å². The van der Waals surface area contributed by atoms with Gasteiger partial charge in [-0.05, 0) is 70.6 Å². The van der Waals surface area contributed by atoms with Gasteiger partial charge in [-0.15, -0.1) is 0 Å². The van der Waals surface area contributed by atoms with E-state index in [4.69, 9.17) is 24.3 Å². The van der Waals surface area contributed by atoms with Crippen molar-refractivity contribution in [1.29, 1.82) is 0 Å². The van der Waals surface area contributed by atoms with Gasteiger partial charge in [-0.1, -0.05) is 145 Å². The van der Waals surface area contributed by atoms with E-state index in [1.807, 2.05) is 6.08 Å². The van der Waals surface area contributed by atoms with Crippen molar-refractivity contribution in [1.82, 2.24) is 0 Å². The van der Waals surface area contributed by atoms with Crippen LogP contribution in [0.15, 0.2) is 60.8 Å². The molecule has 0 spiro atoms. The molecule has 0 bridgehead atoms. The topological polar surface area (TPSA) is 134 Å². The van der Waals surface area contributed by atoms with Crippen LogP contribution in [-0.2, 0) is 32.7 Å². The minimum absolute atomic E-state index is 0.0413. The fraction of sp³-hybridized carbons (Fsp3) is 0.721. The van der Waals surface area contributed by atoms with Gasteiger partial charge in [0.05, 0.1) is 13.2 Å². The predicted molar refractivity (Wildman–Crippen MR) is 219 cm³/mol. The van der Waals surface area contributed by atoms with Crippen LogP contribution in [0.4, 0.5) is 0 Å². The van der Waals surface area contributed by atoms with E-state index in [0.717, 1.165) is 57.8 Å². The van der Waals surface area contributed by atoms with Crippen molar-refractivity contribution in [2.45, 2.75) is 174 Å². The molecule has 0 aliphatic carbocycles. The van der Waals surface area contributed by atoms with Gasteiger partial charge in [-0.2, -0.15) is 0 Å². The Kier molecular flexibility index (Phi) is 37.7. The number of allylic oxidation sites excluding steroid dienone is 10. The molecule has 0 saturated carbocycles. The average Bonchev–Trinajstić information content (AvgIpc) is 3.14. The lowest BCUT2D eigenvalue weighted by atomic mass is 10.1. The average molecular weight is 766 g/mol. The molecule has 2 atom stereocenters. The van der Waals surface area contributed by atoms with Crippen LogP contribution >= 0.6 is 7.82 Å². The third-order valence-electron chi connectivity index (χ3n) is 8.38. The summed E-state index contributed by atoms with van der Waals surface area (Å²) < 4.78 is 32.6. The molecule has 0 rings (SSSR count). The van der Waals surface area contributed by atoms with Crippen LogP contribution in [0.2, 0.25) is 0 Å². The number of nitrogens with two attached hydrogens (primary N) is 1. The predicted octanol–water partition coefficient (Wildman–Crippen LogP) is 11.7. The van der Waals surface area contributed by atoms with E-state index in [1.54, 1.807) is 0 Å². The number of ether oxygens (including phenoxy) is 2. The molecule has 0 saturated heterocycles. The Morgan fingerprint density at radius 1 is 0.566 bits per heavy atom. The first-order valence-corrected chi connectivity index (χ1v) is 22.3. The molecular formula is C43H76NO8P. The summed E-state index contributed by atoms with van der Waals surface area (Å²) in [5.41, 5.74) is 5.33. The number of esters is 2. The molecule has 0 aliphatic rings. The van der Waals surface area contributed by atoms with E-state index in [-0.39, 0.29) is 32.6 Å². The summed E-state index contributed by atoms with van der Waals surface area (Å²) in [6.45, 7) is 3.60. The number of phosphoric acid groups is 1. The molecule has 0 aliphatic heterocycles. The molecule has 0 aromatic heterocycles. The van der Waals surface area contributed by atoms with E-state index in [0.29, 0.717) is 19.3 Å². The van der Waals surface area contributed by atoms with Crippen molar-refractivity contribution in [3.05, 3.63) is 60.8 Å². The number of carbonyl (C=O) groups excluding carboxylic acids is 2. The summed E-state index contributed by atoms with van der Waals surface area (Å²) in [5.74, 6) is -0.911. The highest BCUT2D eigenvalue weighted by Gasteiger charge is 2.25. The molecule has 0 aromatic carbocycles. The second-order valence-electron chi connectivity index (χ2n) is 13.5. The molecule has 10 heteroatoms. The molecule has 0 aromatic rings. The molecular weight excluding hydrogens is 689 g/mol. The largest absolute Gasteiger partial charge is 0.472 e. The van der Waals surface area contributed by atoms with Gasteiger partial charge < -0.3 is 20.1 Å². The highest BCUT2D eigenvalue weighted by Crippen LogP contribution is 2.43. The summed E-state index contributed by atoms with van der Waals surface area (Å²) in [5, 5.41) is 0. The van der Waals surface area contributed by atoms with Gasteiger partial charge in [0.25, 0.3) is 0 Å². The van der Waals surface area contributed by atoms with Crippen molar-refractivity contribution in [3.63, 3.8) is 0 Å². The number of carbonyl (C=O) groups is 2. The smallest absolute Gasteiger partial charge is 0.462 e. The highest BCUT2D eigenvalue weighted by molar-refractivity contribution is 7.47. The van der Waals surface area contributed by atoms with Gasteiger partial charge in [0.1, 0.15) is 6.61 Å². The summed E-state index contributed by atoms with van der Waals surface area (Å²) in [6, 6.07) is 0. The van der Waals surface area contributed by atoms with E-state index in [2.05, 4.69) is 68.5 Å². The van der Waals surface area contributed by atoms with Gasteiger partial charge >= 0.3 is 19.8 Å². The van der Waals surface area contributed by atoms with Crippen LogP contribution in [-0.4, -0.2) is 49.3 Å². The molecule has 1 unspecified atom stereocenters. The third-order valence-corrected chi connectivity index (χ3v) is 9.36. The van der Waals surface area contributed by atoms with E-state index in [9.17, 15) is 19.0 Å². The molecule has 0 radical (unpaired) electrons. The highest BCUT2D eigenvalue weighted by atomic mass is 31.2. The second-order valence-corrected chi connectivity index (χ2v) is 14.9. The Bertz CT molecular complexity index is 1050. The van der Waals surface area contributed by atoms with Gasteiger partial charge in [0.15, 0.2) is 6.10 Å². The van der Waals surface area contributed by atoms with E-state index >= 15 is 0 Å². The van der Waals surface area contributed by atoms with Crippen molar-refractivity contribution in [2.24, 2.45) is 5.73 Å². The zero-order valence-electron chi connectivity index (χ0n) is 33.5. The molecule has 0 heterocycles. The lowest BCUT2D eigenvalue weighted by Crippen LogP contribution is -2.29. The number of rotatable bonds is 38. The summed E-state index contributed by atoms with van der Waals surface area (Å²) in [7, 11) is -4.39. The Morgan fingerprint density at radius 2 is 1.02 bits per heavy atom. The fourth-order valence-corrected chi connectivity index (χ4v) is 6.02. The molecule has 53 heavy (non-hydrogen) atoms. The number of hydrogen-bond acceptors (Lipinski definition) is 8. The first kappa shape index (κ1) is 50.7. The van der Waals surface area contributed by atoms with Crippen molar-refractivity contribution in [3.8, 4) is 0 Å². The first-order valence-electron chi connectivity index (χ1n) is 20.8. The summed E-state index contributed by atoms with van der Waals surface area (Å²) in [4.78, 5) is 34.7. The lowest BCUT2D eigenvalue weighted by molar-refractivity contribution is -0.161. The Balaban J connectivity index is 4.28. The lowest BCUT2D eigenvalue weighted by Gasteiger charge is -2.19. The molecule has 0 fully saturated rings. The fourth-order valence-electron chi connectivity index (χ4n) is 5.25. The first-order chi connectivity index (χ1) is 25.8. The SMILES string of the molecule is CCCC/C=C/CCCCCCCC(=O)OC[C@H](COP(=O)(O)OCCN)OC(=O)CCC/C=C/C/C=C/C/C=C/C/C=C/CCCCCCCCC.